The summed E-state index contributed by atoms with van der Waals surface area (Å²) >= 11 is 0. The number of nitrogens with one attached hydrogen (secondary N) is 1. The zero-order valence-corrected chi connectivity index (χ0v) is 13.1. The fourth-order valence-electron chi connectivity index (χ4n) is 2.79. The minimum absolute atomic E-state index is 0.174. The van der Waals surface area contributed by atoms with Crippen molar-refractivity contribution in [2.45, 2.75) is 45.6 Å². The summed E-state index contributed by atoms with van der Waals surface area (Å²) in [5.74, 6) is -1.50. The van der Waals surface area contributed by atoms with Crippen molar-refractivity contribution < 1.29 is 14.3 Å². The van der Waals surface area contributed by atoms with Gasteiger partial charge < -0.3 is 10.5 Å². The van der Waals surface area contributed by atoms with Crippen LogP contribution in [0.5, 0.6) is 0 Å². The molecule has 1 aromatic heterocycles. The molecule has 1 fully saturated rings. The lowest BCUT2D eigenvalue weighted by Crippen LogP contribution is -2.37. The number of aromatic amines is 1. The summed E-state index contributed by atoms with van der Waals surface area (Å²) in [4.78, 5) is 49.6. The molecule has 0 amide bonds. The molecule has 2 rings (SSSR count). The summed E-state index contributed by atoms with van der Waals surface area (Å²) in [5, 5.41) is 0. The van der Waals surface area contributed by atoms with E-state index in [1.807, 2.05) is 6.92 Å². The lowest BCUT2D eigenvalue weighted by molar-refractivity contribution is -0.147. The molecule has 0 saturated heterocycles. The monoisotopic (exact) mass is 323 g/mol. The first-order valence-electron chi connectivity index (χ1n) is 7.78. The molecule has 0 atom stereocenters. The zero-order chi connectivity index (χ0) is 17.0. The topological polar surface area (TPSA) is 124 Å². The molecule has 1 aliphatic rings. The fourth-order valence-corrected chi connectivity index (χ4v) is 2.79. The first-order valence-corrected chi connectivity index (χ1v) is 7.78. The van der Waals surface area contributed by atoms with E-state index in [1.54, 1.807) is 0 Å². The van der Waals surface area contributed by atoms with Crippen molar-refractivity contribution in [3.05, 3.63) is 26.4 Å². The van der Waals surface area contributed by atoms with Crippen LogP contribution in [0.3, 0.4) is 0 Å². The highest BCUT2D eigenvalue weighted by atomic mass is 16.5. The summed E-state index contributed by atoms with van der Waals surface area (Å²) < 4.78 is 6.13. The van der Waals surface area contributed by atoms with Crippen molar-refractivity contribution in [1.82, 2.24) is 9.55 Å². The number of Topliss-reactive ketones (excluding diaryl/α,β-unsaturated/α-hetero) is 1. The van der Waals surface area contributed by atoms with Gasteiger partial charge in [-0.2, -0.15) is 0 Å². The quantitative estimate of drug-likeness (QED) is 0.578. The molecule has 0 aromatic carbocycles. The average molecular weight is 323 g/mol. The first-order chi connectivity index (χ1) is 11.0. The van der Waals surface area contributed by atoms with Gasteiger partial charge in [-0.1, -0.05) is 19.8 Å². The standard InChI is InChI=1S/C15H21N3O5/c1-2-7-18-12(16)11(13(20)17-15(18)22)10(19)8-23-14(21)9-5-3-4-6-9/h9H,2-8,16H2,1H3,(H,17,20,22). The highest BCUT2D eigenvalue weighted by Crippen LogP contribution is 2.25. The second-order valence-corrected chi connectivity index (χ2v) is 5.68. The summed E-state index contributed by atoms with van der Waals surface area (Å²) in [6.07, 6.45) is 4.08. The van der Waals surface area contributed by atoms with E-state index in [0.717, 1.165) is 30.3 Å². The highest BCUT2D eigenvalue weighted by molar-refractivity contribution is 6.01. The predicted octanol–water partition coefficient (Wildman–Crippen LogP) is 0.445. The Labute approximate surface area is 132 Å². The van der Waals surface area contributed by atoms with E-state index in [2.05, 4.69) is 4.98 Å². The van der Waals surface area contributed by atoms with Gasteiger partial charge in [-0.15, -0.1) is 0 Å². The van der Waals surface area contributed by atoms with Crippen LogP contribution in [0.1, 0.15) is 49.4 Å². The zero-order valence-electron chi connectivity index (χ0n) is 13.1. The first kappa shape index (κ1) is 17.0. The molecule has 0 aliphatic heterocycles. The number of carbonyl (C=O) groups excluding carboxylic acids is 2. The lowest BCUT2D eigenvalue weighted by atomic mass is 10.1. The van der Waals surface area contributed by atoms with E-state index in [1.165, 1.54) is 0 Å². The van der Waals surface area contributed by atoms with Crippen molar-refractivity contribution in [2.75, 3.05) is 12.3 Å². The fraction of sp³-hybridized carbons (Fsp3) is 0.600. The second-order valence-electron chi connectivity index (χ2n) is 5.68. The minimum Gasteiger partial charge on any atom is -0.457 e. The van der Waals surface area contributed by atoms with Crippen LogP contribution in [0.2, 0.25) is 0 Å². The summed E-state index contributed by atoms with van der Waals surface area (Å²) in [5.41, 5.74) is 3.93. The Balaban J connectivity index is 2.15. The van der Waals surface area contributed by atoms with Crippen molar-refractivity contribution in [1.29, 1.82) is 0 Å². The molecule has 8 nitrogen and oxygen atoms in total. The molecule has 126 valence electrons. The molecule has 1 heterocycles. The Hall–Kier alpha value is -2.38. The Morgan fingerprint density at radius 3 is 2.57 bits per heavy atom. The molecule has 1 aliphatic carbocycles. The van der Waals surface area contributed by atoms with E-state index in [4.69, 9.17) is 10.5 Å². The molecule has 23 heavy (non-hydrogen) atoms. The van der Waals surface area contributed by atoms with Crippen LogP contribution in [0.25, 0.3) is 0 Å². The molecular weight excluding hydrogens is 302 g/mol. The van der Waals surface area contributed by atoms with Gasteiger partial charge in [0, 0.05) is 6.54 Å². The number of ether oxygens (including phenoxy) is 1. The van der Waals surface area contributed by atoms with Gasteiger partial charge >= 0.3 is 11.7 Å². The van der Waals surface area contributed by atoms with Gasteiger partial charge in [0.25, 0.3) is 5.56 Å². The Morgan fingerprint density at radius 1 is 1.30 bits per heavy atom. The normalized spacial score (nSPS) is 14.8. The number of carbonyl (C=O) groups is 2. The molecular formula is C15H21N3O5. The number of hydrogen-bond acceptors (Lipinski definition) is 6. The molecule has 0 bridgehead atoms. The van der Waals surface area contributed by atoms with E-state index >= 15 is 0 Å². The average Bonchev–Trinajstić information content (AvgIpc) is 3.03. The van der Waals surface area contributed by atoms with Crippen LogP contribution in [-0.4, -0.2) is 27.9 Å². The molecule has 0 unspecified atom stereocenters. The predicted molar refractivity (Wildman–Crippen MR) is 83.3 cm³/mol. The maximum Gasteiger partial charge on any atom is 0.329 e. The smallest absolute Gasteiger partial charge is 0.329 e. The second kappa shape index (κ2) is 7.26. The van der Waals surface area contributed by atoms with E-state index in [-0.39, 0.29) is 23.8 Å². The number of H-pyrrole nitrogens is 1. The number of nitrogens with two attached hydrogens (primary N) is 1. The van der Waals surface area contributed by atoms with Gasteiger partial charge in [0.05, 0.1) is 5.92 Å². The largest absolute Gasteiger partial charge is 0.457 e. The van der Waals surface area contributed by atoms with E-state index in [9.17, 15) is 19.2 Å². The van der Waals surface area contributed by atoms with Gasteiger partial charge in [-0.3, -0.25) is 23.9 Å². The molecule has 3 N–H and O–H groups in total. The van der Waals surface area contributed by atoms with Gasteiger partial charge in [-0.25, -0.2) is 4.79 Å². The van der Waals surface area contributed by atoms with Crippen LogP contribution in [-0.2, 0) is 16.1 Å². The number of anilines is 1. The number of nitrogen functional groups attached to an aromatic ring is 1. The van der Waals surface area contributed by atoms with Gasteiger partial charge in [0.1, 0.15) is 11.4 Å². The Kier molecular flexibility index (Phi) is 5.36. The third kappa shape index (κ3) is 3.69. The van der Waals surface area contributed by atoms with Crippen molar-refractivity contribution in [3.8, 4) is 0 Å². The molecule has 0 spiro atoms. The number of hydrogen-bond donors (Lipinski definition) is 2. The third-order valence-electron chi connectivity index (χ3n) is 4.00. The van der Waals surface area contributed by atoms with Crippen molar-refractivity contribution >= 4 is 17.6 Å². The van der Waals surface area contributed by atoms with E-state index < -0.39 is 29.6 Å². The summed E-state index contributed by atoms with van der Waals surface area (Å²) in [7, 11) is 0. The Morgan fingerprint density at radius 2 is 1.96 bits per heavy atom. The van der Waals surface area contributed by atoms with Crippen LogP contribution in [0.15, 0.2) is 9.59 Å². The van der Waals surface area contributed by atoms with E-state index in [0.29, 0.717) is 6.42 Å². The maximum atomic E-state index is 12.2. The number of ketones is 1. The third-order valence-corrected chi connectivity index (χ3v) is 4.00. The lowest BCUT2D eigenvalue weighted by Gasteiger charge is -2.12. The summed E-state index contributed by atoms with van der Waals surface area (Å²) in [6, 6.07) is 0. The minimum atomic E-state index is -0.859. The molecule has 1 saturated carbocycles. The Bertz CT molecular complexity index is 713. The van der Waals surface area contributed by atoms with Crippen LogP contribution >= 0.6 is 0 Å². The molecule has 1 aromatic rings. The molecule has 0 radical (unpaired) electrons. The number of nitrogens with zero attached hydrogens (tertiary/aromatic N) is 1. The van der Waals surface area contributed by atoms with Gasteiger partial charge in [-0.05, 0) is 19.3 Å². The number of rotatable bonds is 6. The van der Waals surface area contributed by atoms with Gasteiger partial charge in [0.2, 0.25) is 5.78 Å². The van der Waals surface area contributed by atoms with Gasteiger partial charge in [0.15, 0.2) is 6.61 Å². The van der Waals surface area contributed by atoms with Crippen molar-refractivity contribution in [3.63, 3.8) is 0 Å². The van der Waals surface area contributed by atoms with Crippen LogP contribution in [0.4, 0.5) is 5.82 Å². The number of esters is 1. The maximum absolute atomic E-state index is 12.2. The number of aromatic nitrogens is 2. The molecule has 8 heteroatoms. The van der Waals surface area contributed by atoms with Crippen LogP contribution in [0, 0.1) is 5.92 Å². The van der Waals surface area contributed by atoms with Crippen LogP contribution < -0.4 is 17.0 Å². The summed E-state index contributed by atoms with van der Waals surface area (Å²) in [6.45, 7) is 1.57. The van der Waals surface area contributed by atoms with Crippen molar-refractivity contribution in [2.24, 2.45) is 5.92 Å². The highest BCUT2D eigenvalue weighted by Gasteiger charge is 2.26. The SMILES string of the molecule is CCCn1c(N)c(C(=O)COC(=O)C2CCCC2)c(=O)[nH]c1=O.